The zero-order chi connectivity index (χ0) is 14.8. The molecule has 1 amide bonds. The first kappa shape index (κ1) is 13.8. The summed E-state index contributed by atoms with van der Waals surface area (Å²) in [6.07, 6.45) is 0.737. The van der Waals surface area contributed by atoms with Crippen molar-refractivity contribution in [2.75, 3.05) is 0 Å². The molecule has 1 aliphatic carbocycles. The van der Waals surface area contributed by atoms with Crippen molar-refractivity contribution in [1.82, 2.24) is 5.32 Å². The summed E-state index contributed by atoms with van der Waals surface area (Å²) < 4.78 is 13.7. The quantitative estimate of drug-likeness (QED) is 0.913. The molecule has 1 aliphatic rings. The van der Waals surface area contributed by atoms with Gasteiger partial charge >= 0.3 is 0 Å². The molecule has 1 N–H and O–H groups in total. The summed E-state index contributed by atoms with van der Waals surface area (Å²) in [7, 11) is 0. The minimum atomic E-state index is -0.212. The Morgan fingerprint density at radius 1 is 1.19 bits per heavy atom. The fourth-order valence-electron chi connectivity index (χ4n) is 2.63. The number of hydrogen-bond acceptors (Lipinski definition) is 1. The molecule has 2 nitrogen and oxygen atoms in total. The largest absolute Gasteiger partial charge is 0.352 e. The van der Waals surface area contributed by atoms with E-state index in [9.17, 15) is 9.18 Å². The summed E-state index contributed by atoms with van der Waals surface area (Å²) in [4.78, 5) is 12.1. The summed E-state index contributed by atoms with van der Waals surface area (Å²) in [5.74, 6) is -0.253. The van der Waals surface area contributed by atoms with Gasteiger partial charge in [0.15, 0.2) is 0 Å². The van der Waals surface area contributed by atoms with E-state index < -0.39 is 0 Å². The first-order valence-electron chi connectivity index (χ1n) is 7.23. The van der Waals surface area contributed by atoms with Crippen molar-refractivity contribution in [3.63, 3.8) is 0 Å². The topological polar surface area (TPSA) is 29.1 Å². The molecule has 0 bridgehead atoms. The fraction of sp³-hybridized carbons (Fsp3) is 0.278. The van der Waals surface area contributed by atoms with E-state index in [4.69, 9.17) is 0 Å². The van der Waals surface area contributed by atoms with Crippen molar-refractivity contribution in [2.45, 2.75) is 25.8 Å². The first-order valence-corrected chi connectivity index (χ1v) is 7.23. The Hall–Kier alpha value is -2.16. The molecule has 0 aromatic heterocycles. The molecule has 21 heavy (non-hydrogen) atoms. The van der Waals surface area contributed by atoms with Gasteiger partial charge in [0.1, 0.15) is 5.82 Å². The van der Waals surface area contributed by atoms with E-state index in [1.165, 1.54) is 11.6 Å². The number of halogens is 1. The van der Waals surface area contributed by atoms with Crippen LogP contribution in [0.2, 0.25) is 0 Å². The van der Waals surface area contributed by atoms with Gasteiger partial charge in [0, 0.05) is 12.5 Å². The number of benzene rings is 2. The Morgan fingerprint density at radius 2 is 1.90 bits per heavy atom. The maximum Gasteiger partial charge on any atom is 0.224 e. The van der Waals surface area contributed by atoms with Gasteiger partial charge in [-0.25, -0.2) is 4.39 Å². The highest BCUT2D eigenvalue weighted by atomic mass is 19.1. The second-order valence-corrected chi connectivity index (χ2v) is 5.67. The van der Waals surface area contributed by atoms with Crippen molar-refractivity contribution in [3.8, 4) is 0 Å². The first-order chi connectivity index (χ1) is 10.1. The summed E-state index contributed by atoms with van der Waals surface area (Å²) >= 11 is 0. The summed E-state index contributed by atoms with van der Waals surface area (Å²) in [5, 5.41) is 2.94. The molecule has 1 fully saturated rings. The van der Waals surface area contributed by atoms with Crippen LogP contribution >= 0.6 is 0 Å². The van der Waals surface area contributed by atoms with Crippen LogP contribution in [0.1, 0.15) is 29.0 Å². The molecule has 108 valence electrons. The molecule has 0 spiro atoms. The summed E-state index contributed by atoms with van der Waals surface area (Å²) in [5.41, 5.74) is 2.94. The Kier molecular flexibility index (Phi) is 3.74. The van der Waals surface area contributed by atoms with Gasteiger partial charge in [-0.2, -0.15) is 0 Å². The number of nitrogens with one attached hydrogen (secondary N) is 1. The lowest BCUT2D eigenvalue weighted by atomic mass is 10.1. The lowest BCUT2D eigenvalue weighted by Crippen LogP contribution is -2.24. The molecule has 0 radical (unpaired) electrons. The van der Waals surface area contributed by atoms with Crippen molar-refractivity contribution in [2.24, 2.45) is 5.92 Å². The third kappa shape index (κ3) is 3.13. The van der Waals surface area contributed by atoms with Crippen LogP contribution < -0.4 is 5.32 Å². The van der Waals surface area contributed by atoms with Crippen LogP contribution in [0.4, 0.5) is 4.39 Å². The third-order valence-electron chi connectivity index (χ3n) is 4.02. The minimum Gasteiger partial charge on any atom is -0.352 e. The average Bonchev–Trinajstić information content (AvgIpc) is 3.27. The average molecular weight is 283 g/mol. The highest BCUT2D eigenvalue weighted by Crippen LogP contribution is 2.48. The van der Waals surface area contributed by atoms with Crippen LogP contribution in [-0.2, 0) is 11.3 Å². The Bertz CT molecular complexity index is 651. The molecule has 0 heterocycles. The second kappa shape index (κ2) is 5.68. The van der Waals surface area contributed by atoms with E-state index in [-0.39, 0.29) is 23.6 Å². The van der Waals surface area contributed by atoms with Gasteiger partial charge in [0.2, 0.25) is 5.91 Å². The molecule has 2 aromatic rings. The van der Waals surface area contributed by atoms with Gasteiger partial charge in [-0.3, -0.25) is 4.79 Å². The minimum absolute atomic E-state index is 0.0174. The van der Waals surface area contributed by atoms with E-state index in [0.717, 1.165) is 12.0 Å². The molecule has 2 unspecified atom stereocenters. The van der Waals surface area contributed by atoms with E-state index in [2.05, 4.69) is 5.32 Å². The van der Waals surface area contributed by atoms with E-state index in [0.29, 0.717) is 12.1 Å². The van der Waals surface area contributed by atoms with Crippen molar-refractivity contribution >= 4 is 5.91 Å². The van der Waals surface area contributed by atoms with E-state index in [1.54, 1.807) is 12.1 Å². The predicted molar refractivity (Wildman–Crippen MR) is 80.3 cm³/mol. The van der Waals surface area contributed by atoms with Crippen LogP contribution in [0.3, 0.4) is 0 Å². The third-order valence-corrected chi connectivity index (χ3v) is 4.02. The maximum atomic E-state index is 13.7. The van der Waals surface area contributed by atoms with Gasteiger partial charge in [0.25, 0.3) is 0 Å². The van der Waals surface area contributed by atoms with E-state index in [1.807, 2.05) is 37.3 Å². The standard InChI is InChI=1S/C18H18FNO/c1-12-6-8-13(9-7-12)11-20-18(21)16-10-15(16)14-4-2-3-5-17(14)19/h2-9,15-16H,10-11H2,1H3,(H,20,21). The van der Waals surface area contributed by atoms with Crippen molar-refractivity contribution in [1.29, 1.82) is 0 Å². The summed E-state index contributed by atoms with van der Waals surface area (Å²) in [6.45, 7) is 2.56. The lowest BCUT2D eigenvalue weighted by Gasteiger charge is -2.06. The van der Waals surface area contributed by atoms with Gasteiger partial charge in [0.05, 0.1) is 0 Å². The molecule has 0 saturated heterocycles. The van der Waals surface area contributed by atoms with Crippen LogP contribution in [0, 0.1) is 18.7 Å². The molecule has 2 atom stereocenters. The van der Waals surface area contributed by atoms with Crippen LogP contribution in [-0.4, -0.2) is 5.91 Å². The van der Waals surface area contributed by atoms with Crippen LogP contribution in [0.5, 0.6) is 0 Å². The Labute approximate surface area is 124 Å². The van der Waals surface area contributed by atoms with Crippen molar-refractivity contribution < 1.29 is 9.18 Å². The fourth-order valence-corrected chi connectivity index (χ4v) is 2.63. The number of amides is 1. The summed E-state index contributed by atoms with van der Waals surface area (Å²) in [6, 6.07) is 14.8. The Balaban J connectivity index is 1.56. The van der Waals surface area contributed by atoms with Gasteiger partial charge < -0.3 is 5.32 Å². The maximum absolute atomic E-state index is 13.7. The highest BCUT2D eigenvalue weighted by Gasteiger charge is 2.44. The zero-order valence-electron chi connectivity index (χ0n) is 12.0. The number of carbonyl (C=O) groups excluding carboxylic acids is 1. The number of rotatable bonds is 4. The SMILES string of the molecule is Cc1ccc(CNC(=O)C2CC2c2ccccc2F)cc1. The smallest absolute Gasteiger partial charge is 0.224 e. The van der Waals surface area contributed by atoms with Gasteiger partial charge in [-0.15, -0.1) is 0 Å². The number of hydrogen-bond donors (Lipinski definition) is 1. The normalized spacial score (nSPS) is 20.1. The molecular formula is C18H18FNO. The van der Waals surface area contributed by atoms with Crippen molar-refractivity contribution in [3.05, 3.63) is 71.0 Å². The van der Waals surface area contributed by atoms with E-state index >= 15 is 0 Å². The van der Waals surface area contributed by atoms with Gasteiger partial charge in [-0.1, -0.05) is 48.0 Å². The van der Waals surface area contributed by atoms with Crippen LogP contribution in [0.25, 0.3) is 0 Å². The predicted octanol–water partition coefficient (Wildman–Crippen LogP) is 3.55. The molecule has 0 aliphatic heterocycles. The molecule has 3 heteroatoms. The molecule has 3 rings (SSSR count). The zero-order valence-corrected chi connectivity index (χ0v) is 12.0. The number of aryl methyl sites for hydroxylation is 1. The monoisotopic (exact) mass is 283 g/mol. The van der Waals surface area contributed by atoms with Gasteiger partial charge in [-0.05, 0) is 36.5 Å². The molecule has 1 saturated carbocycles. The Morgan fingerprint density at radius 3 is 2.62 bits per heavy atom. The highest BCUT2D eigenvalue weighted by molar-refractivity contribution is 5.82. The molecular weight excluding hydrogens is 265 g/mol. The second-order valence-electron chi connectivity index (χ2n) is 5.67. The van der Waals surface area contributed by atoms with Crippen LogP contribution in [0.15, 0.2) is 48.5 Å². The number of carbonyl (C=O) groups is 1. The lowest BCUT2D eigenvalue weighted by molar-refractivity contribution is -0.122. The molecule has 2 aromatic carbocycles.